The van der Waals surface area contributed by atoms with Crippen LogP contribution >= 0.6 is 0 Å². The summed E-state index contributed by atoms with van der Waals surface area (Å²) in [5.74, 6) is 0.241. The number of benzene rings is 2. The van der Waals surface area contributed by atoms with E-state index in [2.05, 4.69) is 20.9 Å². The second-order valence-corrected chi connectivity index (χ2v) is 11.8. The van der Waals surface area contributed by atoms with Gasteiger partial charge in [-0.1, -0.05) is 32.0 Å². The molecule has 2 aliphatic rings. The molecule has 1 amide bonds. The van der Waals surface area contributed by atoms with Gasteiger partial charge in [0.2, 0.25) is 0 Å². The Balaban J connectivity index is 1.32. The zero-order valence-corrected chi connectivity index (χ0v) is 26.2. The lowest BCUT2D eigenvalue weighted by atomic mass is 9.99. The van der Waals surface area contributed by atoms with Gasteiger partial charge in [0.1, 0.15) is 46.8 Å². The van der Waals surface area contributed by atoms with Crippen LogP contribution in [0.15, 0.2) is 66.1 Å². The molecule has 0 spiro atoms. The molecule has 4 heterocycles. The third-order valence-corrected chi connectivity index (χ3v) is 8.59. The van der Waals surface area contributed by atoms with Crippen LogP contribution < -0.4 is 10.5 Å². The fourth-order valence-electron chi connectivity index (χ4n) is 6.37. The molecule has 12 heteroatoms. The summed E-state index contributed by atoms with van der Waals surface area (Å²) in [7, 11) is 0. The van der Waals surface area contributed by atoms with Gasteiger partial charge in [0.15, 0.2) is 5.65 Å². The molecule has 0 bridgehead atoms. The van der Waals surface area contributed by atoms with E-state index in [-0.39, 0.29) is 40.9 Å². The van der Waals surface area contributed by atoms with Crippen LogP contribution in [0.3, 0.4) is 0 Å². The normalized spacial score (nSPS) is 17.1. The van der Waals surface area contributed by atoms with Gasteiger partial charge >= 0.3 is 0 Å². The van der Waals surface area contributed by atoms with E-state index >= 15 is 4.39 Å². The number of anilines is 1. The highest BCUT2D eigenvalue weighted by atomic mass is 19.1. The van der Waals surface area contributed by atoms with Gasteiger partial charge in [-0.3, -0.25) is 4.79 Å². The number of amides is 1. The number of halogens is 1. The minimum absolute atomic E-state index is 0.0307. The maximum absolute atomic E-state index is 15.6. The molecule has 2 aliphatic heterocycles. The molecule has 238 valence electrons. The zero-order chi connectivity index (χ0) is 32.4. The van der Waals surface area contributed by atoms with Crippen LogP contribution in [0.4, 0.5) is 10.2 Å². The Labute approximate surface area is 267 Å². The highest BCUT2D eigenvalue weighted by molar-refractivity contribution is 5.99. The van der Waals surface area contributed by atoms with E-state index in [4.69, 9.17) is 20.3 Å². The van der Waals surface area contributed by atoms with Crippen LogP contribution in [0, 0.1) is 23.1 Å². The molecule has 4 aromatic rings. The molecule has 0 saturated carbocycles. The zero-order valence-electron chi connectivity index (χ0n) is 26.2. The summed E-state index contributed by atoms with van der Waals surface area (Å²) in [5, 5.41) is 15.5. The first-order valence-corrected chi connectivity index (χ1v) is 15.6. The van der Waals surface area contributed by atoms with Crippen LogP contribution in [-0.2, 0) is 16.1 Å². The average molecular weight is 625 g/mol. The maximum Gasteiger partial charge on any atom is 0.266 e. The molecule has 2 N–H and O–H groups in total. The minimum Gasteiger partial charge on any atom is -0.457 e. The van der Waals surface area contributed by atoms with E-state index in [9.17, 15) is 10.1 Å². The first-order valence-electron chi connectivity index (χ1n) is 15.6. The molecule has 2 aromatic carbocycles. The number of likely N-dealkylation sites (N-methyl/N-ethyl adjacent to an activating group) is 1. The lowest BCUT2D eigenvalue weighted by molar-refractivity contribution is -0.128. The SMILES string of the molecule is CCN(C(=C(C#N)C(=O)N1CCC[C@H]1Cn1nc(-c2ccc(Oc3ccccc3)cc2F)c2c(N)ncnc21)C(C)C)C1COC1. The smallest absolute Gasteiger partial charge is 0.266 e. The third-order valence-electron chi connectivity index (χ3n) is 8.59. The molecule has 46 heavy (non-hydrogen) atoms. The van der Waals surface area contributed by atoms with E-state index in [1.807, 2.05) is 39.0 Å². The number of allylic oxidation sites excluding steroid dienone is 1. The van der Waals surface area contributed by atoms with E-state index in [1.54, 1.807) is 33.8 Å². The van der Waals surface area contributed by atoms with E-state index in [0.717, 1.165) is 12.1 Å². The number of ether oxygens (including phenoxy) is 2. The van der Waals surface area contributed by atoms with Crippen molar-refractivity contribution in [2.75, 3.05) is 32.0 Å². The van der Waals surface area contributed by atoms with Gasteiger partial charge in [-0.15, -0.1) is 0 Å². The molecule has 0 aliphatic carbocycles. The number of nitrogens with zero attached hydrogens (tertiary/aromatic N) is 7. The molecule has 2 saturated heterocycles. The molecular formula is C34H37FN8O3. The number of carbonyl (C=O) groups excluding carboxylic acids is 1. The molecule has 2 fully saturated rings. The van der Waals surface area contributed by atoms with Gasteiger partial charge < -0.3 is 25.0 Å². The number of nitriles is 1. The van der Waals surface area contributed by atoms with Crippen molar-refractivity contribution < 1.29 is 18.7 Å². The van der Waals surface area contributed by atoms with Gasteiger partial charge in [0.05, 0.1) is 37.2 Å². The van der Waals surface area contributed by atoms with E-state index in [0.29, 0.717) is 67.5 Å². The van der Waals surface area contributed by atoms with Crippen molar-refractivity contribution in [2.24, 2.45) is 5.92 Å². The van der Waals surface area contributed by atoms with Crippen molar-refractivity contribution in [3.05, 3.63) is 71.9 Å². The molecule has 6 rings (SSSR count). The fraction of sp³-hybridized carbons (Fsp3) is 0.382. The van der Waals surface area contributed by atoms with E-state index < -0.39 is 5.82 Å². The van der Waals surface area contributed by atoms with Crippen LogP contribution in [0.2, 0.25) is 0 Å². The second kappa shape index (κ2) is 13.1. The first kappa shape index (κ1) is 31.0. The second-order valence-electron chi connectivity index (χ2n) is 11.8. The average Bonchev–Trinajstić information content (AvgIpc) is 3.63. The Morgan fingerprint density at radius 2 is 1.98 bits per heavy atom. The number of aromatic nitrogens is 4. The minimum atomic E-state index is -0.539. The molecule has 11 nitrogen and oxygen atoms in total. The summed E-state index contributed by atoms with van der Waals surface area (Å²) in [4.78, 5) is 26.6. The predicted octanol–water partition coefficient (Wildman–Crippen LogP) is 5.15. The summed E-state index contributed by atoms with van der Waals surface area (Å²) < 4.78 is 28.5. The largest absolute Gasteiger partial charge is 0.457 e. The highest BCUT2D eigenvalue weighted by Gasteiger charge is 2.36. The molecule has 1 atom stereocenters. The predicted molar refractivity (Wildman–Crippen MR) is 171 cm³/mol. The number of nitrogen functional groups attached to an aromatic ring is 1. The lowest BCUT2D eigenvalue weighted by Gasteiger charge is -2.41. The molecule has 0 unspecified atom stereocenters. The van der Waals surface area contributed by atoms with Gasteiger partial charge in [-0.05, 0) is 49.9 Å². The highest BCUT2D eigenvalue weighted by Crippen LogP contribution is 2.35. The topological polar surface area (TPSA) is 135 Å². The maximum atomic E-state index is 15.6. The van der Waals surface area contributed by atoms with Crippen LogP contribution in [0.5, 0.6) is 11.5 Å². The van der Waals surface area contributed by atoms with Crippen molar-refractivity contribution in [1.82, 2.24) is 29.5 Å². The number of hydrogen-bond donors (Lipinski definition) is 1. The number of likely N-dealkylation sites (tertiary alicyclic amines) is 1. The Morgan fingerprint density at radius 3 is 2.63 bits per heavy atom. The van der Waals surface area contributed by atoms with Crippen molar-refractivity contribution in [3.8, 4) is 28.8 Å². The quantitative estimate of drug-likeness (QED) is 0.188. The van der Waals surface area contributed by atoms with Gasteiger partial charge in [0, 0.05) is 30.4 Å². The monoisotopic (exact) mass is 624 g/mol. The Hall–Kier alpha value is -5.02. The summed E-state index contributed by atoms with van der Waals surface area (Å²) in [6.45, 7) is 8.66. The number of nitrogens with two attached hydrogens (primary N) is 1. The Morgan fingerprint density at radius 1 is 1.20 bits per heavy atom. The Bertz CT molecular complexity index is 1810. The van der Waals surface area contributed by atoms with Crippen molar-refractivity contribution in [2.45, 2.75) is 52.2 Å². The summed E-state index contributed by atoms with van der Waals surface area (Å²) in [6.07, 6.45) is 2.84. The van der Waals surface area contributed by atoms with Crippen LogP contribution in [0.1, 0.15) is 33.6 Å². The van der Waals surface area contributed by atoms with Crippen LogP contribution in [-0.4, -0.2) is 73.8 Å². The molecule has 0 radical (unpaired) electrons. The summed E-state index contributed by atoms with van der Waals surface area (Å²) in [5.41, 5.74) is 8.17. The summed E-state index contributed by atoms with van der Waals surface area (Å²) >= 11 is 0. The number of carbonyl (C=O) groups is 1. The van der Waals surface area contributed by atoms with Crippen molar-refractivity contribution >= 4 is 22.8 Å². The standard InChI is InChI=1S/C34H37FN8O3/c1-4-41(23-18-45-19-23)31(21(2)3)27(16-36)34(44)42-14-8-9-22(42)17-43-33-29(32(37)38-20-39-33)30(40-43)26-13-12-25(15-28(26)35)46-24-10-6-5-7-11-24/h5-7,10-13,15,20-23H,4,8-9,14,17-19H2,1-3H3,(H2,37,38,39)/t22-/m0/s1. The Kier molecular flexibility index (Phi) is 8.85. The van der Waals surface area contributed by atoms with Gasteiger partial charge in [0.25, 0.3) is 5.91 Å². The van der Waals surface area contributed by atoms with Crippen molar-refractivity contribution in [3.63, 3.8) is 0 Å². The molecule has 2 aromatic heterocycles. The number of hydrogen-bond acceptors (Lipinski definition) is 9. The van der Waals surface area contributed by atoms with Gasteiger partial charge in [-0.25, -0.2) is 19.0 Å². The van der Waals surface area contributed by atoms with Gasteiger partial charge in [-0.2, -0.15) is 10.4 Å². The number of fused-ring (bicyclic) bond motifs is 1. The van der Waals surface area contributed by atoms with Crippen molar-refractivity contribution in [1.29, 1.82) is 5.26 Å². The fourth-order valence-corrected chi connectivity index (χ4v) is 6.37. The number of para-hydroxylation sites is 1. The molecular weight excluding hydrogens is 587 g/mol. The van der Waals surface area contributed by atoms with Crippen LogP contribution in [0.25, 0.3) is 22.3 Å². The summed E-state index contributed by atoms with van der Waals surface area (Å²) in [6, 6.07) is 15.8. The van der Waals surface area contributed by atoms with E-state index in [1.165, 1.54) is 12.4 Å². The number of rotatable bonds is 10. The third kappa shape index (κ3) is 5.86. The lowest BCUT2D eigenvalue weighted by Crippen LogP contribution is -2.50. The first-order chi connectivity index (χ1) is 22.3.